The summed E-state index contributed by atoms with van der Waals surface area (Å²) in [5, 5.41) is 36.7. The molecule has 5 N–H and O–H groups in total. The summed E-state index contributed by atoms with van der Waals surface area (Å²) in [6.45, 7) is 1.87. The van der Waals surface area contributed by atoms with Crippen molar-refractivity contribution in [2.75, 3.05) is 17.2 Å². The van der Waals surface area contributed by atoms with Crippen LogP contribution in [-0.2, 0) is 16.1 Å². The van der Waals surface area contributed by atoms with E-state index in [1.165, 1.54) is 30.9 Å². The Hall–Kier alpha value is -4.05. The summed E-state index contributed by atoms with van der Waals surface area (Å²) in [5.74, 6) is -0.422. The van der Waals surface area contributed by atoms with E-state index in [9.17, 15) is 29.7 Å². The molecular formula is C21H21N5O10. The number of aliphatic hydroxyl groups excluding tert-OH is 2. The van der Waals surface area contributed by atoms with Gasteiger partial charge in [0.05, 0.1) is 24.0 Å². The van der Waals surface area contributed by atoms with E-state index in [4.69, 9.17) is 18.3 Å². The maximum Gasteiger partial charge on any atom is 0.519 e. The van der Waals surface area contributed by atoms with Crippen molar-refractivity contribution >= 4 is 40.5 Å². The van der Waals surface area contributed by atoms with Crippen molar-refractivity contribution in [3.05, 3.63) is 44.8 Å². The van der Waals surface area contributed by atoms with Crippen LogP contribution in [0.4, 0.5) is 22.1 Å². The summed E-state index contributed by atoms with van der Waals surface area (Å²) in [5.41, 5.74) is -2.51. The number of nitrogens with one attached hydrogen (secondary N) is 2. The molecule has 0 unspecified atom stereocenters. The van der Waals surface area contributed by atoms with E-state index in [2.05, 4.69) is 20.6 Å². The van der Waals surface area contributed by atoms with Gasteiger partial charge in [-0.25, -0.2) is 14.6 Å². The molecule has 0 radical (unpaired) electrons. The fourth-order valence-electron chi connectivity index (χ4n) is 4.20. The summed E-state index contributed by atoms with van der Waals surface area (Å²) >= 11 is 0. The van der Waals surface area contributed by atoms with Gasteiger partial charge in [-0.3, -0.25) is 10.1 Å². The molecule has 0 bridgehead atoms. The van der Waals surface area contributed by atoms with Crippen LogP contribution in [0.3, 0.4) is 0 Å². The van der Waals surface area contributed by atoms with Crippen LogP contribution in [0.2, 0.25) is 0 Å². The van der Waals surface area contributed by atoms with E-state index < -0.39 is 54.7 Å². The second kappa shape index (κ2) is 8.56. The molecule has 0 aromatic carbocycles. The molecule has 0 saturated carbocycles. The summed E-state index contributed by atoms with van der Waals surface area (Å²) in [6.07, 6.45) is -1.88. The quantitative estimate of drug-likeness (QED) is 0.313. The highest BCUT2D eigenvalue weighted by Crippen LogP contribution is 2.45. The molecule has 1 saturated heterocycles. The molecule has 2 aliphatic rings. The van der Waals surface area contributed by atoms with Crippen molar-refractivity contribution in [2.45, 2.75) is 44.5 Å². The maximum absolute atomic E-state index is 12.5. The standard InChI is InChI=1S/C21H21N5O10/c1-8-12(36-20(31)34-8)6-33-19(30)24-10-3-13(28)25-16-14-9(10)4-26(17(14)23-7-22-16)18-21(2,32)15(29)11(5-27)35-18/h3-4,7,11,15,18,27,29,32H,5-6H2,1-2H3,(H,24,30)(H,22,23,25,28)/t11-,15-,18-,21-/m1/s1. The Kier molecular flexibility index (Phi) is 5.63. The number of aliphatic imine (C=N–C) groups is 1. The van der Waals surface area contributed by atoms with Gasteiger partial charge in [-0.05, 0) is 13.8 Å². The highest BCUT2D eigenvalue weighted by molar-refractivity contribution is 6.12. The van der Waals surface area contributed by atoms with Gasteiger partial charge in [-0.15, -0.1) is 0 Å². The SMILES string of the molecule is Cc1oc(=O)oc1COC(=O)Nc1cc(=O)nc2c3c(n([C@@H]4O[C@H](CO)[C@@H](O)[C@@]4(C)O)cc13)N=CN2. The fraction of sp³-hybridized carbons (Fsp3) is 0.381. The zero-order valence-corrected chi connectivity index (χ0v) is 18.9. The van der Waals surface area contributed by atoms with Gasteiger partial charge in [0.15, 0.2) is 24.4 Å². The Labute approximate surface area is 200 Å². The molecule has 5 rings (SSSR count). The molecule has 4 atom stereocenters. The highest BCUT2D eigenvalue weighted by Gasteiger charge is 2.53. The van der Waals surface area contributed by atoms with Crippen LogP contribution >= 0.6 is 0 Å². The maximum atomic E-state index is 12.5. The minimum absolute atomic E-state index is 0.0000790. The number of anilines is 2. The van der Waals surface area contributed by atoms with Gasteiger partial charge < -0.3 is 43.5 Å². The second-order valence-corrected chi connectivity index (χ2v) is 8.42. The molecule has 1 amide bonds. The van der Waals surface area contributed by atoms with E-state index in [-0.39, 0.29) is 34.2 Å². The average Bonchev–Trinajstić information content (AvgIpc) is 3.40. The first-order chi connectivity index (χ1) is 17.1. The van der Waals surface area contributed by atoms with Crippen LogP contribution in [0, 0.1) is 6.92 Å². The number of aryl methyl sites for hydroxylation is 1. The molecule has 3 aromatic heterocycles. The Morgan fingerprint density at radius 2 is 2.14 bits per heavy atom. The van der Waals surface area contributed by atoms with E-state index in [1.807, 2.05) is 0 Å². The molecular weight excluding hydrogens is 482 g/mol. The van der Waals surface area contributed by atoms with Gasteiger partial charge in [-0.1, -0.05) is 0 Å². The first kappa shape index (κ1) is 23.7. The van der Waals surface area contributed by atoms with Crippen LogP contribution in [0.15, 0.2) is 35.7 Å². The Balaban J connectivity index is 1.55. The molecule has 0 aliphatic carbocycles. The largest absolute Gasteiger partial charge is 0.519 e. The van der Waals surface area contributed by atoms with Crippen LogP contribution in [0.25, 0.3) is 10.8 Å². The van der Waals surface area contributed by atoms with Crippen LogP contribution in [0.1, 0.15) is 24.7 Å². The van der Waals surface area contributed by atoms with Gasteiger partial charge in [0.25, 0.3) is 5.56 Å². The first-order valence-electron chi connectivity index (χ1n) is 10.7. The van der Waals surface area contributed by atoms with Gasteiger partial charge in [-0.2, -0.15) is 4.98 Å². The topological polar surface area (TPSA) is 211 Å². The number of ether oxygens (including phenoxy) is 2. The van der Waals surface area contributed by atoms with Gasteiger partial charge in [0.2, 0.25) is 0 Å². The molecule has 3 aromatic rings. The molecule has 5 heterocycles. The number of hydrogen-bond acceptors (Lipinski definition) is 13. The summed E-state index contributed by atoms with van der Waals surface area (Å²) < 4.78 is 21.7. The van der Waals surface area contributed by atoms with E-state index in [0.29, 0.717) is 5.39 Å². The number of aromatic nitrogens is 2. The fourth-order valence-corrected chi connectivity index (χ4v) is 4.20. The third-order valence-corrected chi connectivity index (χ3v) is 6.00. The number of nitrogens with zero attached hydrogens (tertiary/aromatic N) is 3. The summed E-state index contributed by atoms with van der Waals surface area (Å²) in [4.78, 5) is 44.4. The number of carbonyl (C=O) groups is 1. The van der Waals surface area contributed by atoms with Crippen LogP contribution in [0.5, 0.6) is 0 Å². The van der Waals surface area contributed by atoms with E-state index >= 15 is 0 Å². The van der Waals surface area contributed by atoms with Crippen molar-refractivity contribution in [2.24, 2.45) is 4.99 Å². The van der Waals surface area contributed by atoms with Crippen molar-refractivity contribution in [1.82, 2.24) is 9.55 Å². The van der Waals surface area contributed by atoms with Crippen molar-refractivity contribution in [3.63, 3.8) is 0 Å². The predicted octanol–water partition coefficient (Wildman–Crippen LogP) is 0.0867. The van der Waals surface area contributed by atoms with Crippen molar-refractivity contribution < 1.29 is 38.4 Å². The lowest BCUT2D eigenvalue weighted by molar-refractivity contribution is -0.0955. The Morgan fingerprint density at radius 1 is 1.36 bits per heavy atom. The highest BCUT2D eigenvalue weighted by atomic mass is 16.6. The monoisotopic (exact) mass is 503 g/mol. The first-order valence-corrected chi connectivity index (χ1v) is 10.7. The van der Waals surface area contributed by atoms with Crippen LogP contribution in [-0.4, -0.2) is 61.7 Å². The lowest BCUT2D eigenvalue weighted by Crippen LogP contribution is -2.44. The molecule has 36 heavy (non-hydrogen) atoms. The third kappa shape index (κ3) is 3.83. The summed E-state index contributed by atoms with van der Waals surface area (Å²) in [6, 6.07) is 1.07. The van der Waals surface area contributed by atoms with Gasteiger partial charge in [0, 0.05) is 17.6 Å². The van der Waals surface area contributed by atoms with Gasteiger partial charge >= 0.3 is 11.9 Å². The zero-order chi connectivity index (χ0) is 25.8. The van der Waals surface area contributed by atoms with E-state index in [0.717, 1.165) is 6.07 Å². The molecule has 15 heteroatoms. The van der Waals surface area contributed by atoms with Crippen LogP contribution < -0.4 is 22.0 Å². The third-order valence-electron chi connectivity index (χ3n) is 6.00. The number of carbonyl (C=O) groups excluding carboxylic acids is 1. The molecule has 1 fully saturated rings. The second-order valence-electron chi connectivity index (χ2n) is 8.42. The Morgan fingerprint density at radius 3 is 2.81 bits per heavy atom. The summed E-state index contributed by atoms with van der Waals surface area (Å²) in [7, 11) is 0. The number of amides is 1. The molecule has 15 nitrogen and oxygen atoms in total. The number of aliphatic hydroxyl groups is 3. The number of hydrogen-bond donors (Lipinski definition) is 5. The number of rotatable bonds is 5. The minimum Gasteiger partial charge on any atom is -0.441 e. The minimum atomic E-state index is -1.82. The molecule has 190 valence electrons. The van der Waals surface area contributed by atoms with Crippen molar-refractivity contribution in [3.8, 4) is 0 Å². The molecule has 0 spiro atoms. The zero-order valence-electron chi connectivity index (χ0n) is 18.9. The lowest BCUT2D eigenvalue weighted by Gasteiger charge is -2.28. The van der Waals surface area contributed by atoms with Crippen molar-refractivity contribution in [1.29, 1.82) is 0 Å². The van der Waals surface area contributed by atoms with Gasteiger partial charge in [0.1, 0.15) is 29.4 Å². The Bertz CT molecular complexity index is 1500. The lowest BCUT2D eigenvalue weighted by atomic mass is 9.96. The van der Waals surface area contributed by atoms with E-state index in [1.54, 1.807) is 0 Å². The normalized spacial score (nSPS) is 24.6. The molecule has 2 aliphatic heterocycles. The predicted molar refractivity (Wildman–Crippen MR) is 121 cm³/mol. The average molecular weight is 503 g/mol. The smallest absolute Gasteiger partial charge is 0.441 e.